The second kappa shape index (κ2) is 3.97. The van der Waals surface area contributed by atoms with Crippen molar-refractivity contribution in [3.05, 3.63) is 34.3 Å². The number of carboxylic acid groups (broad SMARTS) is 1. The van der Waals surface area contributed by atoms with E-state index in [1.54, 1.807) is 6.07 Å². The molecule has 1 N–H and O–H groups in total. The molecule has 1 aliphatic carbocycles. The summed E-state index contributed by atoms with van der Waals surface area (Å²) in [7, 11) is 0. The molecule has 1 aliphatic heterocycles. The van der Waals surface area contributed by atoms with Gasteiger partial charge in [-0.1, -0.05) is 30.7 Å². The molecule has 4 nitrogen and oxygen atoms in total. The van der Waals surface area contributed by atoms with Gasteiger partial charge in [0.2, 0.25) is 0 Å². The van der Waals surface area contributed by atoms with Gasteiger partial charge in [-0.15, -0.1) is 0 Å². The number of nitrogens with zero attached hydrogens (tertiary/aromatic N) is 1. The average molecular weight is 280 g/mol. The van der Waals surface area contributed by atoms with Crippen molar-refractivity contribution in [2.75, 3.05) is 13.1 Å². The second-order valence-electron chi connectivity index (χ2n) is 5.67. The van der Waals surface area contributed by atoms with Crippen molar-refractivity contribution in [2.24, 2.45) is 5.41 Å². The highest BCUT2D eigenvalue weighted by Crippen LogP contribution is 2.51. The predicted octanol–water partition coefficient (Wildman–Crippen LogP) is 3.01. The van der Waals surface area contributed by atoms with Crippen LogP contribution in [0.2, 0.25) is 5.02 Å². The minimum Gasteiger partial charge on any atom is -0.465 e. The van der Waals surface area contributed by atoms with Gasteiger partial charge in [0.15, 0.2) is 5.78 Å². The first kappa shape index (κ1) is 12.5. The van der Waals surface area contributed by atoms with Crippen molar-refractivity contribution in [1.82, 2.24) is 4.90 Å². The van der Waals surface area contributed by atoms with E-state index in [0.29, 0.717) is 30.1 Å². The van der Waals surface area contributed by atoms with E-state index in [1.807, 2.05) is 19.1 Å². The largest absolute Gasteiger partial charge is 0.465 e. The van der Waals surface area contributed by atoms with E-state index in [2.05, 4.69) is 0 Å². The van der Waals surface area contributed by atoms with Gasteiger partial charge in [0.1, 0.15) is 0 Å². The number of fused-ring (bicyclic) bond motifs is 3. The van der Waals surface area contributed by atoms with E-state index in [4.69, 9.17) is 16.7 Å². The lowest BCUT2D eigenvalue weighted by molar-refractivity contribution is 0.0888. The number of carbonyl (C=O) groups is 2. The number of benzene rings is 1. The smallest absolute Gasteiger partial charge is 0.407 e. The van der Waals surface area contributed by atoms with Crippen LogP contribution >= 0.6 is 11.6 Å². The summed E-state index contributed by atoms with van der Waals surface area (Å²) in [6, 6.07) is 5.43. The quantitative estimate of drug-likeness (QED) is 0.794. The van der Waals surface area contributed by atoms with Gasteiger partial charge in [-0.2, -0.15) is 0 Å². The Morgan fingerprint density at radius 3 is 2.95 bits per heavy atom. The van der Waals surface area contributed by atoms with Gasteiger partial charge in [-0.05, 0) is 11.6 Å². The summed E-state index contributed by atoms with van der Waals surface area (Å²) in [6.07, 6.45) is -0.565. The Balaban J connectivity index is 2.11. The van der Waals surface area contributed by atoms with E-state index in [9.17, 15) is 9.59 Å². The third-order valence-corrected chi connectivity index (χ3v) is 4.65. The summed E-state index contributed by atoms with van der Waals surface area (Å²) in [6.45, 7) is 2.83. The number of Topliss-reactive ketones (excluding diaryl/α,β-unsaturated/α-hetero) is 1. The third kappa shape index (κ3) is 1.74. The fraction of sp³-hybridized carbons (Fsp3) is 0.429. The number of hydrogen-bond donors (Lipinski definition) is 1. The van der Waals surface area contributed by atoms with Crippen LogP contribution in [0.5, 0.6) is 0 Å². The summed E-state index contributed by atoms with van der Waals surface area (Å²) in [4.78, 5) is 24.8. The Kier molecular flexibility index (Phi) is 2.61. The summed E-state index contributed by atoms with van der Waals surface area (Å²) < 4.78 is 0. The van der Waals surface area contributed by atoms with Crippen LogP contribution in [0.4, 0.5) is 4.79 Å². The van der Waals surface area contributed by atoms with E-state index in [0.717, 1.165) is 5.56 Å². The van der Waals surface area contributed by atoms with Crippen LogP contribution in [0.15, 0.2) is 18.2 Å². The Labute approximate surface area is 116 Å². The number of likely N-dealkylation sites (tertiary alicyclic amines) is 1. The molecule has 5 heteroatoms. The number of rotatable bonds is 0. The molecule has 1 aromatic carbocycles. The number of ketones is 1. The Morgan fingerprint density at radius 1 is 1.53 bits per heavy atom. The molecule has 1 amide bonds. The molecule has 2 unspecified atom stereocenters. The van der Waals surface area contributed by atoms with Gasteiger partial charge >= 0.3 is 6.09 Å². The van der Waals surface area contributed by atoms with E-state index in [-0.39, 0.29) is 17.1 Å². The molecule has 2 aliphatic rings. The Bertz CT molecular complexity index is 586. The molecule has 2 atom stereocenters. The average Bonchev–Trinajstić information content (AvgIpc) is 2.66. The minimum absolute atomic E-state index is 0.0200. The second-order valence-corrected chi connectivity index (χ2v) is 6.08. The van der Waals surface area contributed by atoms with E-state index in [1.165, 1.54) is 4.90 Å². The van der Waals surface area contributed by atoms with Crippen molar-refractivity contribution in [3.63, 3.8) is 0 Å². The monoisotopic (exact) mass is 279 g/mol. The van der Waals surface area contributed by atoms with Crippen LogP contribution in [-0.4, -0.2) is 35.0 Å². The van der Waals surface area contributed by atoms with Crippen LogP contribution in [0, 0.1) is 5.41 Å². The first-order valence-corrected chi connectivity index (χ1v) is 6.60. The normalized spacial score (nSPS) is 29.1. The van der Waals surface area contributed by atoms with E-state index < -0.39 is 6.09 Å². The Morgan fingerprint density at radius 2 is 2.26 bits per heavy atom. The SMILES string of the molecule is CC12CC(=O)c3c(Cl)cccc3C1CN(C(=O)O)C2. The lowest BCUT2D eigenvalue weighted by atomic mass is 9.66. The topological polar surface area (TPSA) is 57.6 Å². The molecule has 1 saturated heterocycles. The highest BCUT2D eigenvalue weighted by atomic mass is 35.5. The van der Waals surface area contributed by atoms with Crippen LogP contribution in [0.25, 0.3) is 0 Å². The summed E-state index contributed by atoms with van der Waals surface area (Å²) in [5.74, 6) is 0.0709. The Hall–Kier alpha value is -1.55. The van der Waals surface area contributed by atoms with Gasteiger partial charge in [-0.25, -0.2) is 4.79 Å². The summed E-state index contributed by atoms with van der Waals surface area (Å²) in [5, 5.41) is 9.63. The van der Waals surface area contributed by atoms with Gasteiger partial charge in [0.25, 0.3) is 0 Å². The fourth-order valence-electron chi connectivity index (χ4n) is 3.43. The van der Waals surface area contributed by atoms with Crippen LogP contribution in [-0.2, 0) is 0 Å². The molecule has 3 rings (SSSR count). The van der Waals surface area contributed by atoms with Gasteiger partial charge < -0.3 is 10.0 Å². The van der Waals surface area contributed by atoms with Gasteiger partial charge in [0.05, 0.1) is 5.02 Å². The van der Waals surface area contributed by atoms with Crippen molar-refractivity contribution in [1.29, 1.82) is 0 Å². The maximum absolute atomic E-state index is 12.3. The zero-order valence-corrected chi connectivity index (χ0v) is 11.3. The molecule has 0 radical (unpaired) electrons. The van der Waals surface area contributed by atoms with Crippen LogP contribution < -0.4 is 0 Å². The first-order chi connectivity index (χ1) is 8.92. The van der Waals surface area contributed by atoms with Gasteiger partial charge in [0, 0.05) is 36.4 Å². The van der Waals surface area contributed by atoms with Crippen LogP contribution in [0.3, 0.4) is 0 Å². The number of amides is 1. The minimum atomic E-state index is -0.924. The molecule has 1 aromatic rings. The molecule has 1 heterocycles. The van der Waals surface area contributed by atoms with Crippen molar-refractivity contribution >= 4 is 23.5 Å². The van der Waals surface area contributed by atoms with Crippen molar-refractivity contribution < 1.29 is 14.7 Å². The standard InChI is InChI=1S/C14H14ClNO3/c1-14-5-11(17)12-8(3-2-4-10(12)15)9(14)6-16(7-14)13(18)19/h2-4,9H,5-7H2,1H3,(H,18,19). The van der Waals surface area contributed by atoms with Crippen molar-refractivity contribution in [2.45, 2.75) is 19.3 Å². The maximum atomic E-state index is 12.3. The lowest BCUT2D eigenvalue weighted by Crippen LogP contribution is -2.34. The molecular formula is C14H14ClNO3. The fourth-order valence-corrected chi connectivity index (χ4v) is 3.72. The highest BCUT2D eigenvalue weighted by Gasteiger charge is 2.50. The molecule has 0 aromatic heterocycles. The highest BCUT2D eigenvalue weighted by molar-refractivity contribution is 6.34. The zero-order valence-electron chi connectivity index (χ0n) is 10.5. The first-order valence-electron chi connectivity index (χ1n) is 6.22. The lowest BCUT2D eigenvalue weighted by Gasteiger charge is -2.35. The molecule has 19 heavy (non-hydrogen) atoms. The summed E-state index contributed by atoms with van der Waals surface area (Å²) in [5.41, 5.74) is 1.17. The number of hydrogen-bond acceptors (Lipinski definition) is 2. The third-order valence-electron chi connectivity index (χ3n) is 4.33. The number of halogens is 1. The molecule has 0 bridgehead atoms. The molecule has 0 saturated carbocycles. The maximum Gasteiger partial charge on any atom is 0.407 e. The zero-order chi connectivity index (χ0) is 13.8. The molecule has 100 valence electrons. The molecule has 1 fully saturated rings. The molecule has 0 spiro atoms. The van der Waals surface area contributed by atoms with Gasteiger partial charge in [-0.3, -0.25) is 4.79 Å². The summed E-state index contributed by atoms with van der Waals surface area (Å²) >= 11 is 6.12. The van der Waals surface area contributed by atoms with Crippen LogP contribution in [0.1, 0.15) is 35.2 Å². The predicted molar refractivity (Wildman–Crippen MR) is 70.8 cm³/mol. The van der Waals surface area contributed by atoms with Crippen molar-refractivity contribution in [3.8, 4) is 0 Å². The molecular weight excluding hydrogens is 266 g/mol. The van der Waals surface area contributed by atoms with E-state index >= 15 is 0 Å². The number of carbonyl (C=O) groups excluding carboxylic acids is 1.